The molecule has 0 atom stereocenters. The van der Waals surface area contributed by atoms with E-state index in [0.29, 0.717) is 0 Å². The predicted molar refractivity (Wildman–Crippen MR) is 123 cm³/mol. The maximum Gasteiger partial charge on any atom is 0.331 e. The number of hydrogen-bond acceptors (Lipinski definition) is 6. The molecule has 0 aromatic rings. The van der Waals surface area contributed by atoms with Gasteiger partial charge in [0.05, 0.1) is 19.8 Å². The minimum atomic E-state index is -1.64. The molecule has 0 saturated carbocycles. The van der Waals surface area contributed by atoms with E-state index in [9.17, 15) is 14.4 Å². The van der Waals surface area contributed by atoms with E-state index in [0.717, 1.165) is 96.3 Å². The molecule has 0 aliphatic carbocycles. The third-order valence-electron chi connectivity index (χ3n) is 5.18. The Morgan fingerprint density at radius 2 is 0.710 bits per heavy atom. The Bertz CT molecular complexity index is 396. The number of ether oxygens (including phenoxy) is 3. The van der Waals surface area contributed by atoms with E-state index in [1.165, 1.54) is 0 Å². The van der Waals surface area contributed by atoms with Crippen LogP contribution in [0.25, 0.3) is 0 Å². The van der Waals surface area contributed by atoms with Crippen molar-refractivity contribution in [2.45, 2.75) is 117 Å². The average Bonchev–Trinajstić information content (AvgIpc) is 2.75. The van der Waals surface area contributed by atoms with Gasteiger partial charge in [-0.3, -0.25) is 14.4 Å². The zero-order valence-electron chi connectivity index (χ0n) is 20.3. The molecule has 0 spiro atoms. The number of rotatable bonds is 21. The molecule has 182 valence electrons. The number of carbonyl (C=O) groups is 3. The third-order valence-corrected chi connectivity index (χ3v) is 5.18. The Labute approximate surface area is 189 Å². The van der Waals surface area contributed by atoms with E-state index in [-0.39, 0.29) is 19.8 Å². The summed E-state index contributed by atoms with van der Waals surface area (Å²) in [4.78, 5) is 37.3. The Balaban J connectivity index is 4.52. The van der Waals surface area contributed by atoms with Crippen LogP contribution >= 0.6 is 0 Å². The summed E-state index contributed by atoms with van der Waals surface area (Å²) in [6.07, 6.45) is 15.1. The molecule has 0 unspecified atom stereocenters. The Hall–Kier alpha value is -1.59. The lowest BCUT2D eigenvalue weighted by Gasteiger charge is -2.15. The number of esters is 3. The molecule has 0 aromatic heterocycles. The lowest BCUT2D eigenvalue weighted by atomic mass is 10.1. The first kappa shape index (κ1) is 29.4. The van der Waals surface area contributed by atoms with Crippen LogP contribution in [0.4, 0.5) is 0 Å². The van der Waals surface area contributed by atoms with Crippen LogP contribution in [0.1, 0.15) is 117 Å². The van der Waals surface area contributed by atoms with Crippen molar-refractivity contribution in [2.75, 3.05) is 19.8 Å². The molecular formula is C25H46O6. The van der Waals surface area contributed by atoms with E-state index in [1.54, 1.807) is 0 Å². The number of carbonyl (C=O) groups excluding carboxylic acids is 3. The van der Waals surface area contributed by atoms with Gasteiger partial charge in [-0.15, -0.1) is 0 Å². The first-order chi connectivity index (χ1) is 15.1. The maximum absolute atomic E-state index is 12.4. The van der Waals surface area contributed by atoms with Crippen molar-refractivity contribution >= 4 is 17.9 Å². The second kappa shape index (κ2) is 21.6. The van der Waals surface area contributed by atoms with Crippen molar-refractivity contribution in [3.63, 3.8) is 0 Å². The Morgan fingerprint density at radius 1 is 0.452 bits per heavy atom. The second-order valence-electron chi connectivity index (χ2n) is 8.18. The largest absolute Gasteiger partial charge is 0.465 e. The summed E-state index contributed by atoms with van der Waals surface area (Å²) in [7, 11) is 0. The normalized spacial score (nSPS) is 10.8. The molecule has 0 aliphatic rings. The molecular weight excluding hydrogens is 396 g/mol. The zero-order valence-corrected chi connectivity index (χ0v) is 20.3. The highest BCUT2D eigenvalue weighted by atomic mass is 16.6. The summed E-state index contributed by atoms with van der Waals surface area (Å²) in [6, 6.07) is 0. The lowest BCUT2D eigenvalue weighted by molar-refractivity contribution is -0.172. The van der Waals surface area contributed by atoms with Gasteiger partial charge in [-0.05, 0) is 19.3 Å². The van der Waals surface area contributed by atoms with Crippen molar-refractivity contribution in [3.05, 3.63) is 0 Å². The van der Waals surface area contributed by atoms with Crippen LogP contribution in [0.5, 0.6) is 0 Å². The van der Waals surface area contributed by atoms with Gasteiger partial charge in [-0.25, -0.2) is 0 Å². The van der Waals surface area contributed by atoms with Crippen LogP contribution < -0.4 is 0 Å². The fourth-order valence-electron chi connectivity index (χ4n) is 3.17. The second-order valence-corrected chi connectivity index (χ2v) is 8.18. The molecule has 0 rings (SSSR count). The van der Waals surface area contributed by atoms with Crippen LogP contribution in [0.15, 0.2) is 0 Å². The van der Waals surface area contributed by atoms with E-state index in [1.807, 2.05) is 0 Å². The minimum absolute atomic E-state index is 0.202. The third kappa shape index (κ3) is 16.7. The predicted octanol–water partition coefficient (Wildman–Crippen LogP) is 6.14. The molecule has 6 nitrogen and oxygen atoms in total. The van der Waals surface area contributed by atoms with E-state index in [4.69, 9.17) is 14.2 Å². The topological polar surface area (TPSA) is 78.9 Å². The standard InChI is InChI=1S/C25H46O6/c1-4-7-10-13-16-19-29-23(26)22(24(27)30-20-17-14-11-8-5-2)25(28)31-21-18-15-12-9-6-3/h22H,4-21H2,1-3H3. The summed E-state index contributed by atoms with van der Waals surface area (Å²) < 4.78 is 15.6. The molecule has 0 saturated heterocycles. The first-order valence-corrected chi connectivity index (χ1v) is 12.6. The van der Waals surface area contributed by atoms with Crippen LogP contribution in [-0.2, 0) is 28.6 Å². The van der Waals surface area contributed by atoms with Crippen LogP contribution in [0.2, 0.25) is 0 Å². The van der Waals surface area contributed by atoms with Crippen molar-refractivity contribution in [1.82, 2.24) is 0 Å². The van der Waals surface area contributed by atoms with E-state index >= 15 is 0 Å². The van der Waals surface area contributed by atoms with Gasteiger partial charge in [0.25, 0.3) is 5.92 Å². The fraction of sp³-hybridized carbons (Fsp3) is 0.880. The molecule has 0 aliphatic heterocycles. The van der Waals surface area contributed by atoms with Gasteiger partial charge in [-0.2, -0.15) is 0 Å². The molecule has 0 bridgehead atoms. The molecule has 0 N–H and O–H groups in total. The molecule has 0 aromatic carbocycles. The van der Waals surface area contributed by atoms with Gasteiger partial charge in [0.2, 0.25) is 0 Å². The van der Waals surface area contributed by atoms with Crippen LogP contribution in [0.3, 0.4) is 0 Å². The maximum atomic E-state index is 12.4. The van der Waals surface area contributed by atoms with Crippen molar-refractivity contribution in [3.8, 4) is 0 Å². The molecule has 31 heavy (non-hydrogen) atoms. The Morgan fingerprint density at radius 3 is 0.968 bits per heavy atom. The first-order valence-electron chi connectivity index (χ1n) is 12.6. The fourth-order valence-corrected chi connectivity index (χ4v) is 3.17. The van der Waals surface area contributed by atoms with Crippen LogP contribution in [0, 0.1) is 5.92 Å². The van der Waals surface area contributed by atoms with Crippen molar-refractivity contribution in [2.24, 2.45) is 5.92 Å². The quantitative estimate of drug-likeness (QED) is 0.0919. The Kier molecular flexibility index (Phi) is 20.5. The minimum Gasteiger partial charge on any atom is -0.465 e. The van der Waals surface area contributed by atoms with Gasteiger partial charge < -0.3 is 14.2 Å². The van der Waals surface area contributed by atoms with Gasteiger partial charge in [0.1, 0.15) is 0 Å². The van der Waals surface area contributed by atoms with Gasteiger partial charge >= 0.3 is 17.9 Å². The molecule has 6 heteroatoms. The smallest absolute Gasteiger partial charge is 0.331 e. The molecule has 0 fully saturated rings. The van der Waals surface area contributed by atoms with Gasteiger partial charge in [0, 0.05) is 0 Å². The summed E-state index contributed by atoms with van der Waals surface area (Å²) in [5.41, 5.74) is 0. The monoisotopic (exact) mass is 442 g/mol. The zero-order chi connectivity index (χ0) is 23.2. The van der Waals surface area contributed by atoms with Crippen LogP contribution in [-0.4, -0.2) is 37.7 Å². The highest BCUT2D eigenvalue weighted by Gasteiger charge is 2.38. The van der Waals surface area contributed by atoms with Gasteiger partial charge in [0.15, 0.2) is 0 Å². The molecule has 0 amide bonds. The highest BCUT2D eigenvalue weighted by molar-refractivity contribution is 6.12. The van der Waals surface area contributed by atoms with Crippen molar-refractivity contribution < 1.29 is 28.6 Å². The average molecular weight is 443 g/mol. The number of unbranched alkanes of at least 4 members (excludes halogenated alkanes) is 12. The number of hydrogen-bond donors (Lipinski definition) is 0. The summed E-state index contributed by atoms with van der Waals surface area (Å²) >= 11 is 0. The molecule has 0 radical (unpaired) electrons. The van der Waals surface area contributed by atoms with E-state index in [2.05, 4.69) is 20.8 Å². The SMILES string of the molecule is CCCCCCCOC(=O)C(C(=O)OCCCCCCC)C(=O)OCCCCCCC. The highest BCUT2D eigenvalue weighted by Crippen LogP contribution is 2.11. The molecule has 0 heterocycles. The van der Waals surface area contributed by atoms with Crippen molar-refractivity contribution in [1.29, 1.82) is 0 Å². The van der Waals surface area contributed by atoms with Gasteiger partial charge in [-0.1, -0.05) is 97.8 Å². The lowest BCUT2D eigenvalue weighted by Crippen LogP contribution is -2.36. The van der Waals surface area contributed by atoms with E-state index < -0.39 is 23.8 Å². The summed E-state index contributed by atoms with van der Waals surface area (Å²) in [5.74, 6) is -4.21. The summed E-state index contributed by atoms with van der Waals surface area (Å²) in [6.45, 7) is 7.01. The summed E-state index contributed by atoms with van der Waals surface area (Å²) in [5, 5.41) is 0.